The van der Waals surface area contributed by atoms with Gasteiger partial charge >= 0.3 is 0 Å². The fraction of sp³-hybridized carbons (Fsp3) is 0.615. The van der Waals surface area contributed by atoms with Crippen molar-refractivity contribution in [3.8, 4) is 0 Å². The number of aryl methyl sites for hydroxylation is 1. The highest BCUT2D eigenvalue weighted by Gasteiger charge is 2.17. The standard InChI is InChI=1S/C13H22N6O/c1-9-12(16-10(2)17-13(9)18-14)15-8-11(20)19-6-4-3-5-7-19/h3-8,14H2,1-2H3,(H2,15,16,17,18). The number of hydrogen-bond acceptors (Lipinski definition) is 6. The lowest BCUT2D eigenvalue weighted by molar-refractivity contribution is -0.130. The molecule has 7 nitrogen and oxygen atoms in total. The van der Waals surface area contributed by atoms with Crippen LogP contribution in [0, 0.1) is 13.8 Å². The van der Waals surface area contributed by atoms with Crippen molar-refractivity contribution in [1.82, 2.24) is 14.9 Å². The Morgan fingerprint density at radius 2 is 1.85 bits per heavy atom. The van der Waals surface area contributed by atoms with Gasteiger partial charge in [0.05, 0.1) is 6.54 Å². The Morgan fingerprint density at radius 3 is 2.50 bits per heavy atom. The Kier molecular flexibility index (Phi) is 4.73. The van der Waals surface area contributed by atoms with Gasteiger partial charge < -0.3 is 15.6 Å². The van der Waals surface area contributed by atoms with Crippen molar-refractivity contribution in [3.05, 3.63) is 11.4 Å². The topological polar surface area (TPSA) is 96.2 Å². The first-order chi connectivity index (χ1) is 9.61. The van der Waals surface area contributed by atoms with Crippen molar-refractivity contribution in [2.75, 3.05) is 30.4 Å². The molecular formula is C13H22N6O. The summed E-state index contributed by atoms with van der Waals surface area (Å²) in [5.74, 6) is 7.36. The first-order valence-electron chi connectivity index (χ1n) is 6.95. The molecule has 2 heterocycles. The lowest BCUT2D eigenvalue weighted by Gasteiger charge is -2.27. The summed E-state index contributed by atoms with van der Waals surface area (Å²) in [6, 6.07) is 0. The molecule has 1 aliphatic heterocycles. The van der Waals surface area contributed by atoms with Gasteiger partial charge in [0.25, 0.3) is 0 Å². The molecule has 2 rings (SSSR count). The number of carbonyl (C=O) groups excluding carboxylic acids is 1. The highest BCUT2D eigenvalue weighted by Crippen LogP contribution is 2.18. The van der Waals surface area contributed by atoms with E-state index in [9.17, 15) is 4.79 Å². The van der Waals surface area contributed by atoms with Crippen molar-refractivity contribution in [2.45, 2.75) is 33.1 Å². The number of aromatic nitrogens is 2. The van der Waals surface area contributed by atoms with Crippen molar-refractivity contribution in [2.24, 2.45) is 5.84 Å². The maximum Gasteiger partial charge on any atom is 0.241 e. The van der Waals surface area contributed by atoms with Gasteiger partial charge in [-0.1, -0.05) is 0 Å². The minimum Gasteiger partial charge on any atom is -0.361 e. The second-order valence-corrected chi connectivity index (χ2v) is 5.03. The molecule has 1 aliphatic rings. The summed E-state index contributed by atoms with van der Waals surface area (Å²) in [6.07, 6.45) is 3.41. The third-order valence-electron chi connectivity index (χ3n) is 3.51. The average Bonchev–Trinajstić information content (AvgIpc) is 2.48. The van der Waals surface area contributed by atoms with Crippen LogP contribution in [0.5, 0.6) is 0 Å². The summed E-state index contributed by atoms with van der Waals surface area (Å²) in [7, 11) is 0. The molecule has 110 valence electrons. The van der Waals surface area contributed by atoms with Gasteiger partial charge in [-0.25, -0.2) is 15.8 Å². The number of hydrogen-bond donors (Lipinski definition) is 3. The first kappa shape index (κ1) is 14.5. The molecule has 4 N–H and O–H groups in total. The minimum absolute atomic E-state index is 0.114. The van der Waals surface area contributed by atoms with E-state index < -0.39 is 0 Å². The molecule has 0 aliphatic carbocycles. The molecular weight excluding hydrogens is 256 g/mol. The van der Waals surface area contributed by atoms with E-state index in [-0.39, 0.29) is 12.5 Å². The Labute approximate surface area is 118 Å². The lowest BCUT2D eigenvalue weighted by atomic mass is 10.1. The quantitative estimate of drug-likeness (QED) is 0.557. The molecule has 1 amide bonds. The Balaban J connectivity index is 1.99. The molecule has 0 radical (unpaired) electrons. The summed E-state index contributed by atoms with van der Waals surface area (Å²) in [4.78, 5) is 22.5. The number of piperidine rings is 1. The summed E-state index contributed by atoms with van der Waals surface area (Å²) in [5, 5.41) is 3.09. The fourth-order valence-corrected chi connectivity index (χ4v) is 2.36. The van der Waals surface area contributed by atoms with Gasteiger partial charge in [-0.3, -0.25) is 4.79 Å². The summed E-state index contributed by atoms with van der Waals surface area (Å²) < 4.78 is 0. The van der Waals surface area contributed by atoms with Crippen LogP contribution in [-0.2, 0) is 4.79 Å². The van der Waals surface area contributed by atoms with Crippen LogP contribution in [0.15, 0.2) is 0 Å². The molecule has 0 aromatic carbocycles. The van der Waals surface area contributed by atoms with E-state index in [0.717, 1.165) is 31.5 Å². The largest absolute Gasteiger partial charge is 0.361 e. The molecule has 7 heteroatoms. The molecule has 1 aromatic rings. The minimum atomic E-state index is 0.114. The van der Waals surface area contributed by atoms with E-state index >= 15 is 0 Å². The van der Waals surface area contributed by atoms with Crippen LogP contribution < -0.4 is 16.6 Å². The lowest BCUT2D eigenvalue weighted by Crippen LogP contribution is -2.39. The predicted octanol–water partition coefficient (Wildman–Crippen LogP) is 0.803. The zero-order valence-electron chi connectivity index (χ0n) is 12.1. The number of amides is 1. The van der Waals surface area contributed by atoms with Gasteiger partial charge in [0.1, 0.15) is 17.5 Å². The molecule has 0 saturated carbocycles. The number of nitrogen functional groups attached to an aromatic ring is 1. The summed E-state index contributed by atoms with van der Waals surface area (Å²) >= 11 is 0. The van der Waals surface area contributed by atoms with Crippen molar-refractivity contribution >= 4 is 17.5 Å². The first-order valence-corrected chi connectivity index (χ1v) is 6.95. The Bertz CT molecular complexity index is 484. The third-order valence-corrected chi connectivity index (χ3v) is 3.51. The zero-order valence-corrected chi connectivity index (χ0v) is 12.1. The van der Waals surface area contributed by atoms with E-state index in [0.29, 0.717) is 17.5 Å². The molecule has 0 unspecified atom stereocenters. The second-order valence-electron chi connectivity index (χ2n) is 5.03. The predicted molar refractivity (Wildman–Crippen MR) is 78.2 cm³/mol. The molecule has 1 saturated heterocycles. The van der Waals surface area contributed by atoms with Gasteiger partial charge in [0.15, 0.2) is 0 Å². The van der Waals surface area contributed by atoms with Crippen LogP contribution in [0.25, 0.3) is 0 Å². The van der Waals surface area contributed by atoms with E-state index in [1.165, 1.54) is 6.42 Å². The number of anilines is 2. The molecule has 0 atom stereocenters. The van der Waals surface area contributed by atoms with Crippen LogP contribution in [0.1, 0.15) is 30.7 Å². The number of hydrazine groups is 1. The number of nitrogens with two attached hydrogens (primary N) is 1. The number of nitrogens with zero attached hydrogens (tertiary/aromatic N) is 3. The number of nitrogens with one attached hydrogen (secondary N) is 2. The molecule has 0 spiro atoms. The SMILES string of the molecule is Cc1nc(NN)c(C)c(NCC(=O)N2CCCCC2)n1. The smallest absolute Gasteiger partial charge is 0.241 e. The van der Waals surface area contributed by atoms with Gasteiger partial charge in [-0.05, 0) is 33.1 Å². The van der Waals surface area contributed by atoms with Crippen LogP contribution in [0.2, 0.25) is 0 Å². The number of carbonyl (C=O) groups is 1. The van der Waals surface area contributed by atoms with Crippen molar-refractivity contribution in [1.29, 1.82) is 0 Å². The summed E-state index contributed by atoms with van der Waals surface area (Å²) in [6.45, 7) is 5.62. The third kappa shape index (κ3) is 3.36. The molecule has 1 fully saturated rings. The van der Waals surface area contributed by atoms with Crippen LogP contribution in [0.3, 0.4) is 0 Å². The van der Waals surface area contributed by atoms with Gasteiger partial charge in [0.2, 0.25) is 5.91 Å². The maximum atomic E-state index is 12.1. The molecule has 0 bridgehead atoms. The maximum absolute atomic E-state index is 12.1. The fourth-order valence-electron chi connectivity index (χ4n) is 2.36. The molecule has 1 aromatic heterocycles. The van der Waals surface area contributed by atoms with E-state index in [1.807, 2.05) is 11.8 Å². The number of likely N-dealkylation sites (tertiary alicyclic amines) is 1. The average molecular weight is 278 g/mol. The van der Waals surface area contributed by atoms with Crippen molar-refractivity contribution < 1.29 is 4.79 Å². The van der Waals surface area contributed by atoms with E-state index in [4.69, 9.17) is 5.84 Å². The normalized spacial score (nSPS) is 15.1. The number of rotatable bonds is 4. The van der Waals surface area contributed by atoms with Crippen LogP contribution in [0.4, 0.5) is 11.6 Å². The van der Waals surface area contributed by atoms with Crippen LogP contribution in [-0.4, -0.2) is 40.4 Å². The monoisotopic (exact) mass is 278 g/mol. The van der Waals surface area contributed by atoms with E-state index in [1.54, 1.807) is 6.92 Å². The highest BCUT2D eigenvalue weighted by molar-refractivity contribution is 5.81. The Hall–Kier alpha value is -1.89. The Morgan fingerprint density at radius 1 is 1.20 bits per heavy atom. The second kappa shape index (κ2) is 6.51. The van der Waals surface area contributed by atoms with E-state index in [2.05, 4.69) is 20.7 Å². The van der Waals surface area contributed by atoms with Gasteiger partial charge in [-0.15, -0.1) is 0 Å². The summed E-state index contributed by atoms with van der Waals surface area (Å²) in [5.41, 5.74) is 3.35. The van der Waals surface area contributed by atoms with Gasteiger partial charge in [0, 0.05) is 18.7 Å². The molecule has 20 heavy (non-hydrogen) atoms. The zero-order chi connectivity index (χ0) is 14.5. The van der Waals surface area contributed by atoms with Crippen molar-refractivity contribution in [3.63, 3.8) is 0 Å². The highest BCUT2D eigenvalue weighted by atomic mass is 16.2. The van der Waals surface area contributed by atoms with Gasteiger partial charge in [-0.2, -0.15) is 0 Å². The van der Waals surface area contributed by atoms with Crippen LogP contribution >= 0.6 is 0 Å².